The lowest BCUT2D eigenvalue weighted by Crippen LogP contribution is -2.13. The molecule has 0 N–H and O–H groups in total. The third kappa shape index (κ3) is 3.56. The zero-order valence-corrected chi connectivity index (χ0v) is 11.7. The predicted octanol–water partition coefficient (Wildman–Crippen LogP) is 3.54. The fourth-order valence-corrected chi connectivity index (χ4v) is 1.83. The van der Waals surface area contributed by atoms with Gasteiger partial charge < -0.3 is 9.47 Å². The Morgan fingerprint density at radius 2 is 1.90 bits per heavy atom. The number of carbonyl (C=O) groups excluding carboxylic acids is 1. The number of ketones is 1. The van der Waals surface area contributed by atoms with E-state index in [1.54, 1.807) is 6.92 Å². The second-order valence-electron chi connectivity index (χ2n) is 4.47. The normalized spacial score (nSPS) is 10.3. The number of hydrogen-bond acceptors (Lipinski definition) is 3. The van der Waals surface area contributed by atoms with Gasteiger partial charge in [-0.05, 0) is 48.9 Å². The maximum atomic E-state index is 13.2. The summed E-state index contributed by atoms with van der Waals surface area (Å²) in [4.78, 5) is 12.1. The SMILES string of the molecule is COc1ccc(F)cc1C(=O)COc1ccc(F)c(C)c1. The van der Waals surface area contributed by atoms with Crippen molar-refractivity contribution >= 4 is 5.78 Å². The van der Waals surface area contributed by atoms with Crippen molar-refractivity contribution in [2.24, 2.45) is 0 Å². The van der Waals surface area contributed by atoms with Crippen LogP contribution in [0.15, 0.2) is 36.4 Å². The molecule has 3 nitrogen and oxygen atoms in total. The summed E-state index contributed by atoms with van der Waals surface area (Å²) in [6, 6.07) is 7.87. The fraction of sp³-hybridized carbons (Fsp3) is 0.188. The van der Waals surface area contributed by atoms with Gasteiger partial charge in [-0.15, -0.1) is 0 Å². The number of Topliss-reactive ketones (excluding diaryl/α,β-unsaturated/α-hetero) is 1. The molecule has 0 saturated carbocycles. The van der Waals surface area contributed by atoms with Gasteiger partial charge in [-0.1, -0.05) is 0 Å². The highest BCUT2D eigenvalue weighted by molar-refractivity contribution is 5.99. The number of methoxy groups -OCH3 is 1. The average Bonchev–Trinajstić information content (AvgIpc) is 2.48. The van der Waals surface area contributed by atoms with Crippen molar-refractivity contribution in [1.29, 1.82) is 0 Å². The molecule has 0 spiro atoms. The first-order chi connectivity index (χ1) is 10.0. The van der Waals surface area contributed by atoms with Crippen molar-refractivity contribution in [2.45, 2.75) is 6.92 Å². The summed E-state index contributed by atoms with van der Waals surface area (Å²) in [6.07, 6.45) is 0. The highest BCUT2D eigenvalue weighted by Gasteiger charge is 2.14. The van der Waals surface area contributed by atoms with Crippen LogP contribution in [0.25, 0.3) is 0 Å². The van der Waals surface area contributed by atoms with Gasteiger partial charge in [0.1, 0.15) is 23.1 Å². The molecule has 21 heavy (non-hydrogen) atoms. The van der Waals surface area contributed by atoms with Crippen molar-refractivity contribution in [3.63, 3.8) is 0 Å². The molecule has 0 bridgehead atoms. The van der Waals surface area contributed by atoms with Crippen LogP contribution in [0.5, 0.6) is 11.5 Å². The monoisotopic (exact) mass is 292 g/mol. The quantitative estimate of drug-likeness (QED) is 0.791. The lowest BCUT2D eigenvalue weighted by atomic mass is 10.1. The second kappa shape index (κ2) is 6.35. The van der Waals surface area contributed by atoms with Crippen LogP contribution in [0, 0.1) is 18.6 Å². The van der Waals surface area contributed by atoms with Crippen molar-refractivity contribution in [2.75, 3.05) is 13.7 Å². The van der Waals surface area contributed by atoms with Crippen LogP contribution < -0.4 is 9.47 Å². The van der Waals surface area contributed by atoms with Crippen LogP contribution in [0.3, 0.4) is 0 Å². The van der Waals surface area contributed by atoms with Gasteiger partial charge in [-0.25, -0.2) is 8.78 Å². The molecule has 0 aliphatic heterocycles. The molecule has 0 aliphatic carbocycles. The number of ether oxygens (including phenoxy) is 2. The molecule has 0 amide bonds. The first kappa shape index (κ1) is 15.0. The molecule has 0 unspecified atom stereocenters. The molecule has 0 atom stereocenters. The number of hydrogen-bond donors (Lipinski definition) is 0. The van der Waals surface area contributed by atoms with E-state index in [4.69, 9.17) is 9.47 Å². The largest absolute Gasteiger partial charge is 0.496 e. The smallest absolute Gasteiger partial charge is 0.204 e. The standard InChI is InChI=1S/C16H14F2O3/c1-10-7-12(4-5-14(10)18)21-9-15(19)13-8-11(17)3-6-16(13)20-2/h3-8H,9H2,1-2H3. The van der Waals surface area contributed by atoms with E-state index in [0.717, 1.165) is 6.07 Å². The molecule has 0 saturated heterocycles. The molecule has 0 heterocycles. The van der Waals surface area contributed by atoms with Gasteiger partial charge in [0.25, 0.3) is 0 Å². The molecule has 2 rings (SSSR count). The zero-order chi connectivity index (χ0) is 15.4. The van der Waals surface area contributed by atoms with Crippen LogP contribution in [-0.2, 0) is 0 Å². The van der Waals surface area contributed by atoms with Crippen molar-refractivity contribution in [3.8, 4) is 11.5 Å². The third-order valence-electron chi connectivity index (χ3n) is 2.96. The van der Waals surface area contributed by atoms with E-state index < -0.39 is 11.6 Å². The molecule has 2 aromatic rings. The van der Waals surface area contributed by atoms with E-state index >= 15 is 0 Å². The summed E-state index contributed by atoms with van der Waals surface area (Å²) in [5, 5.41) is 0. The number of halogens is 2. The maximum absolute atomic E-state index is 13.2. The van der Waals surface area contributed by atoms with Crippen molar-refractivity contribution < 1.29 is 23.0 Å². The van der Waals surface area contributed by atoms with Crippen LogP contribution in [0.2, 0.25) is 0 Å². The number of rotatable bonds is 5. The Kier molecular flexibility index (Phi) is 4.52. The van der Waals surface area contributed by atoms with E-state index in [2.05, 4.69) is 0 Å². The van der Waals surface area contributed by atoms with E-state index in [1.807, 2.05) is 0 Å². The number of carbonyl (C=O) groups is 1. The Morgan fingerprint density at radius 3 is 2.57 bits per heavy atom. The van der Waals surface area contributed by atoms with Gasteiger partial charge in [-0.3, -0.25) is 4.79 Å². The Morgan fingerprint density at radius 1 is 1.14 bits per heavy atom. The Labute approximate surface area is 121 Å². The second-order valence-corrected chi connectivity index (χ2v) is 4.47. The summed E-state index contributed by atoms with van der Waals surface area (Å²) >= 11 is 0. The topological polar surface area (TPSA) is 35.5 Å². The van der Waals surface area contributed by atoms with E-state index in [-0.39, 0.29) is 23.7 Å². The predicted molar refractivity (Wildman–Crippen MR) is 73.9 cm³/mol. The Bertz CT molecular complexity index is 669. The highest BCUT2D eigenvalue weighted by atomic mass is 19.1. The zero-order valence-electron chi connectivity index (χ0n) is 11.7. The van der Waals surface area contributed by atoms with Gasteiger partial charge in [0.15, 0.2) is 6.61 Å². The minimum absolute atomic E-state index is 0.108. The maximum Gasteiger partial charge on any atom is 0.204 e. The molecule has 0 aromatic heterocycles. The minimum atomic E-state index is -0.531. The summed E-state index contributed by atoms with van der Waals surface area (Å²) in [6.45, 7) is 1.31. The lowest BCUT2D eigenvalue weighted by Gasteiger charge is -2.09. The average molecular weight is 292 g/mol. The van der Waals surface area contributed by atoms with Crippen LogP contribution in [0.1, 0.15) is 15.9 Å². The number of aryl methyl sites for hydroxylation is 1. The van der Waals surface area contributed by atoms with Crippen molar-refractivity contribution in [3.05, 3.63) is 59.2 Å². The third-order valence-corrected chi connectivity index (χ3v) is 2.96. The van der Waals surface area contributed by atoms with Crippen LogP contribution in [0.4, 0.5) is 8.78 Å². The highest BCUT2D eigenvalue weighted by Crippen LogP contribution is 2.21. The van der Waals surface area contributed by atoms with Gasteiger partial charge in [-0.2, -0.15) is 0 Å². The number of benzene rings is 2. The summed E-state index contributed by atoms with van der Waals surface area (Å²) in [5.41, 5.74) is 0.527. The van der Waals surface area contributed by atoms with Gasteiger partial charge in [0.2, 0.25) is 5.78 Å². The molecular formula is C16H14F2O3. The van der Waals surface area contributed by atoms with Crippen molar-refractivity contribution in [1.82, 2.24) is 0 Å². The molecule has 0 aliphatic rings. The van der Waals surface area contributed by atoms with Gasteiger partial charge in [0, 0.05) is 0 Å². The molecule has 110 valence electrons. The first-order valence-corrected chi connectivity index (χ1v) is 6.27. The van der Waals surface area contributed by atoms with Gasteiger partial charge >= 0.3 is 0 Å². The molecule has 0 fully saturated rings. The van der Waals surface area contributed by atoms with Crippen LogP contribution >= 0.6 is 0 Å². The lowest BCUT2D eigenvalue weighted by molar-refractivity contribution is 0.0918. The van der Waals surface area contributed by atoms with Crippen LogP contribution in [-0.4, -0.2) is 19.5 Å². The molecular weight excluding hydrogens is 278 g/mol. The minimum Gasteiger partial charge on any atom is -0.496 e. The fourth-order valence-electron chi connectivity index (χ4n) is 1.83. The first-order valence-electron chi connectivity index (χ1n) is 6.27. The van der Waals surface area contributed by atoms with E-state index in [9.17, 15) is 13.6 Å². The Hall–Kier alpha value is -2.43. The molecule has 2 aromatic carbocycles. The molecule has 0 radical (unpaired) electrons. The van der Waals surface area contributed by atoms with E-state index in [0.29, 0.717) is 11.3 Å². The molecule has 5 heteroatoms. The van der Waals surface area contributed by atoms with E-state index in [1.165, 1.54) is 37.4 Å². The Balaban J connectivity index is 2.11. The summed E-state index contributed by atoms with van der Waals surface area (Å²) in [7, 11) is 1.40. The van der Waals surface area contributed by atoms with Gasteiger partial charge in [0.05, 0.1) is 12.7 Å². The summed E-state index contributed by atoms with van der Waals surface area (Å²) < 4.78 is 36.7. The summed E-state index contributed by atoms with van der Waals surface area (Å²) in [5.74, 6) is -0.650.